The van der Waals surface area contributed by atoms with Crippen LogP contribution < -0.4 is 15.4 Å². The van der Waals surface area contributed by atoms with Gasteiger partial charge in [-0.25, -0.2) is 0 Å². The van der Waals surface area contributed by atoms with Crippen molar-refractivity contribution in [2.24, 2.45) is 0 Å². The first-order chi connectivity index (χ1) is 12.8. The molecule has 0 unspecified atom stereocenters. The van der Waals surface area contributed by atoms with E-state index < -0.39 is 0 Å². The van der Waals surface area contributed by atoms with Gasteiger partial charge in [0.1, 0.15) is 4.88 Å². The van der Waals surface area contributed by atoms with E-state index in [0.717, 1.165) is 35.2 Å². The number of ether oxygens (including phenoxy) is 1. The molecule has 0 spiro atoms. The molecule has 0 radical (unpaired) electrons. The van der Waals surface area contributed by atoms with Crippen molar-refractivity contribution in [2.75, 3.05) is 19.7 Å². The van der Waals surface area contributed by atoms with Crippen LogP contribution in [0.5, 0.6) is 5.75 Å². The van der Waals surface area contributed by atoms with E-state index in [1.807, 2.05) is 24.3 Å². The van der Waals surface area contributed by atoms with Gasteiger partial charge in [0.25, 0.3) is 5.91 Å². The molecule has 1 aliphatic rings. The van der Waals surface area contributed by atoms with Crippen LogP contribution in [0.15, 0.2) is 24.3 Å². The lowest BCUT2D eigenvalue weighted by Gasteiger charge is -2.22. The minimum Gasteiger partial charge on any atom is -0.491 e. The first-order valence-electron chi connectivity index (χ1n) is 9.95. The van der Waals surface area contributed by atoms with Crippen molar-refractivity contribution in [3.05, 3.63) is 29.1 Å². The third-order valence-electron chi connectivity index (χ3n) is 4.95. The van der Waals surface area contributed by atoms with Crippen LogP contribution in [0, 0.1) is 0 Å². The highest BCUT2D eigenvalue weighted by atomic mass is 32.1. The van der Waals surface area contributed by atoms with Gasteiger partial charge in [-0.15, -0.1) is 11.3 Å². The van der Waals surface area contributed by atoms with Crippen LogP contribution in [0.2, 0.25) is 0 Å². The molecule has 3 rings (SSSR count). The van der Waals surface area contributed by atoms with Crippen molar-refractivity contribution in [1.29, 1.82) is 0 Å². The van der Waals surface area contributed by atoms with Gasteiger partial charge in [-0.05, 0) is 31.4 Å². The first-order valence-corrected chi connectivity index (χ1v) is 10.8. The van der Waals surface area contributed by atoms with Crippen molar-refractivity contribution in [3.8, 4) is 5.75 Å². The molecule has 1 aromatic heterocycles. The molecule has 5 heteroatoms. The van der Waals surface area contributed by atoms with Crippen LogP contribution in [0.25, 0.3) is 10.1 Å². The quantitative estimate of drug-likeness (QED) is 0.624. The molecule has 1 aliphatic carbocycles. The van der Waals surface area contributed by atoms with E-state index >= 15 is 0 Å². The largest absolute Gasteiger partial charge is 0.491 e. The molecule has 142 valence electrons. The Morgan fingerprint density at radius 3 is 2.81 bits per heavy atom. The zero-order valence-corrected chi connectivity index (χ0v) is 16.5. The van der Waals surface area contributed by atoms with Crippen LogP contribution in [0.4, 0.5) is 0 Å². The predicted octanol–water partition coefficient (Wildman–Crippen LogP) is 4.73. The second-order valence-corrected chi connectivity index (χ2v) is 8.06. The average molecular weight is 375 g/mol. The summed E-state index contributed by atoms with van der Waals surface area (Å²) in [5, 5.41) is 7.67. The summed E-state index contributed by atoms with van der Waals surface area (Å²) in [7, 11) is 0. The lowest BCUT2D eigenvalue weighted by molar-refractivity contribution is 0.0954. The molecule has 0 bridgehead atoms. The SMILES string of the molecule is CCCCOc1c(C(=O)NCCNC2CCCCC2)sc2ccccc12. The maximum Gasteiger partial charge on any atom is 0.265 e. The topological polar surface area (TPSA) is 50.4 Å². The van der Waals surface area contributed by atoms with Crippen LogP contribution in [0.1, 0.15) is 61.5 Å². The molecule has 0 atom stereocenters. The number of carbonyl (C=O) groups is 1. The van der Waals surface area contributed by atoms with Gasteiger partial charge in [0.2, 0.25) is 0 Å². The second kappa shape index (κ2) is 9.93. The summed E-state index contributed by atoms with van der Waals surface area (Å²) in [6.07, 6.45) is 8.61. The fourth-order valence-corrected chi connectivity index (χ4v) is 4.54. The fourth-order valence-electron chi connectivity index (χ4n) is 3.47. The van der Waals surface area contributed by atoms with E-state index in [9.17, 15) is 4.79 Å². The van der Waals surface area contributed by atoms with Crippen molar-refractivity contribution in [2.45, 2.75) is 57.9 Å². The van der Waals surface area contributed by atoms with Gasteiger partial charge >= 0.3 is 0 Å². The lowest BCUT2D eigenvalue weighted by atomic mass is 9.95. The van der Waals surface area contributed by atoms with Gasteiger partial charge in [0.05, 0.1) is 6.61 Å². The Balaban J connectivity index is 1.58. The summed E-state index contributed by atoms with van der Waals surface area (Å²) in [4.78, 5) is 13.4. The second-order valence-electron chi connectivity index (χ2n) is 7.00. The van der Waals surface area contributed by atoms with Crippen LogP contribution in [-0.4, -0.2) is 31.6 Å². The van der Waals surface area contributed by atoms with E-state index in [0.29, 0.717) is 24.1 Å². The van der Waals surface area contributed by atoms with Gasteiger partial charge in [-0.3, -0.25) is 4.79 Å². The molecule has 1 saturated carbocycles. The molecular weight excluding hydrogens is 344 g/mol. The fraction of sp³-hybridized carbons (Fsp3) is 0.571. The minimum absolute atomic E-state index is 0.0249. The number of nitrogens with one attached hydrogen (secondary N) is 2. The van der Waals surface area contributed by atoms with E-state index in [-0.39, 0.29) is 5.91 Å². The zero-order valence-electron chi connectivity index (χ0n) is 15.7. The van der Waals surface area contributed by atoms with Gasteiger partial charge in [0, 0.05) is 29.2 Å². The number of hydrogen-bond donors (Lipinski definition) is 2. The monoisotopic (exact) mass is 374 g/mol. The molecule has 1 aromatic carbocycles. The van der Waals surface area contributed by atoms with Gasteiger partial charge in [-0.1, -0.05) is 44.7 Å². The molecule has 0 saturated heterocycles. The predicted molar refractivity (Wildman–Crippen MR) is 109 cm³/mol. The molecule has 1 heterocycles. The number of unbranched alkanes of at least 4 members (excludes halogenated alkanes) is 1. The van der Waals surface area contributed by atoms with Gasteiger partial charge in [0.15, 0.2) is 5.75 Å². The van der Waals surface area contributed by atoms with Gasteiger partial charge in [-0.2, -0.15) is 0 Å². The molecule has 2 N–H and O–H groups in total. The van der Waals surface area contributed by atoms with Crippen molar-refractivity contribution >= 4 is 27.3 Å². The third kappa shape index (κ3) is 4.98. The van der Waals surface area contributed by atoms with Crippen molar-refractivity contribution in [3.63, 3.8) is 0 Å². The molecular formula is C21H30N2O2S. The maximum atomic E-state index is 12.7. The summed E-state index contributed by atoms with van der Waals surface area (Å²) < 4.78 is 7.09. The highest BCUT2D eigenvalue weighted by Crippen LogP contribution is 2.37. The van der Waals surface area contributed by atoms with Gasteiger partial charge < -0.3 is 15.4 Å². The number of rotatable bonds is 9. The van der Waals surface area contributed by atoms with Crippen molar-refractivity contribution in [1.82, 2.24) is 10.6 Å². The Hall–Kier alpha value is -1.59. The summed E-state index contributed by atoms with van der Waals surface area (Å²) in [6.45, 7) is 4.27. The Morgan fingerprint density at radius 1 is 1.19 bits per heavy atom. The normalized spacial score (nSPS) is 15.3. The highest BCUT2D eigenvalue weighted by molar-refractivity contribution is 7.21. The summed E-state index contributed by atoms with van der Waals surface area (Å²) in [5.74, 6) is 0.722. The van der Waals surface area contributed by atoms with Crippen molar-refractivity contribution < 1.29 is 9.53 Å². The summed E-state index contributed by atoms with van der Waals surface area (Å²) in [5.41, 5.74) is 0. The number of carbonyl (C=O) groups excluding carboxylic acids is 1. The van der Waals surface area contributed by atoms with E-state index in [4.69, 9.17) is 4.74 Å². The highest BCUT2D eigenvalue weighted by Gasteiger charge is 2.19. The molecule has 4 nitrogen and oxygen atoms in total. The standard InChI is InChI=1S/C21H30N2O2S/c1-2-3-15-25-19-17-11-7-8-12-18(17)26-20(19)21(24)23-14-13-22-16-9-5-4-6-10-16/h7-8,11-12,16,22H,2-6,9-10,13-15H2,1H3,(H,23,24). The van der Waals surface area contributed by atoms with Crippen LogP contribution in [-0.2, 0) is 0 Å². The molecule has 2 aromatic rings. The molecule has 26 heavy (non-hydrogen) atoms. The number of benzene rings is 1. The average Bonchev–Trinajstić information content (AvgIpc) is 3.05. The number of fused-ring (bicyclic) bond motifs is 1. The Morgan fingerprint density at radius 2 is 2.00 bits per heavy atom. The Labute approximate surface area is 160 Å². The lowest BCUT2D eigenvalue weighted by Crippen LogP contribution is -2.37. The summed E-state index contributed by atoms with van der Waals surface area (Å²) in [6, 6.07) is 8.71. The smallest absolute Gasteiger partial charge is 0.265 e. The summed E-state index contributed by atoms with van der Waals surface area (Å²) >= 11 is 1.52. The molecule has 1 amide bonds. The van der Waals surface area contributed by atoms with E-state index in [1.54, 1.807) is 0 Å². The van der Waals surface area contributed by atoms with Crippen LogP contribution in [0.3, 0.4) is 0 Å². The number of hydrogen-bond acceptors (Lipinski definition) is 4. The van der Waals surface area contributed by atoms with E-state index in [1.165, 1.54) is 43.4 Å². The zero-order chi connectivity index (χ0) is 18.2. The number of thiophene rings is 1. The third-order valence-corrected chi connectivity index (χ3v) is 6.10. The number of amides is 1. The maximum absolute atomic E-state index is 12.7. The van der Waals surface area contributed by atoms with E-state index in [2.05, 4.69) is 17.6 Å². The molecule has 0 aliphatic heterocycles. The minimum atomic E-state index is -0.0249. The Kier molecular flexibility index (Phi) is 7.32. The first kappa shape index (κ1) is 19.2. The molecule has 1 fully saturated rings. The Bertz CT molecular complexity index is 707. The van der Waals surface area contributed by atoms with Crippen LogP contribution >= 0.6 is 11.3 Å².